The van der Waals surface area contributed by atoms with Gasteiger partial charge in [-0.3, -0.25) is 20.2 Å². The fraction of sp³-hybridized carbons (Fsp3) is 0.0588. The number of methoxy groups -OCH3 is 1. The maximum atomic E-state index is 12.0. The summed E-state index contributed by atoms with van der Waals surface area (Å²) in [5.41, 5.74) is 1.63. The van der Waals surface area contributed by atoms with E-state index >= 15 is 0 Å². The van der Waals surface area contributed by atoms with Gasteiger partial charge in [0.25, 0.3) is 0 Å². The van der Waals surface area contributed by atoms with Crippen molar-refractivity contribution in [3.8, 4) is 17.0 Å². The molecule has 7 nitrogen and oxygen atoms in total. The summed E-state index contributed by atoms with van der Waals surface area (Å²) in [6.07, 6.45) is 2.85. The summed E-state index contributed by atoms with van der Waals surface area (Å²) >= 11 is 2.31. The van der Waals surface area contributed by atoms with E-state index in [0.29, 0.717) is 10.0 Å². The van der Waals surface area contributed by atoms with E-state index in [9.17, 15) is 14.9 Å². The quantitative estimate of drug-likeness (QED) is 0.383. The molecule has 9 heteroatoms. The Balaban J connectivity index is 1.65. The van der Waals surface area contributed by atoms with Crippen molar-refractivity contribution in [1.29, 1.82) is 0 Å². The topological polar surface area (TPSA) is 94.4 Å². The number of nitrogens with one attached hydrogen (secondary N) is 1. The molecule has 0 saturated heterocycles. The zero-order valence-corrected chi connectivity index (χ0v) is 15.2. The highest BCUT2D eigenvalue weighted by Gasteiger charge is 2.09. The van der Waals surface area contributed by atoms with Crippen LogP contribution in [0.5, 0.6) is 5.75 Å². The summed E-state index contributed by atoms with van der Waals surface area (Å²) in [5, 5.41) is 15.7. The largest absolute Gasteiger partial charge is 0.497 e. The van der Waals surface area contributed by atoms with E-state index in [1.807, 2.05) is 29.6 Å². The Morgan fingerprint density at radius 1 is 1.35 bits per heavy atom. The molecule has 1 N–H and O–H groups in total. The van der Waals surface area contributed by atoms with Gasteiger partial charge in [-0.25, -0.2) is 4.98 Å². The number of carbonyl (C=O) groups is 1. The van der Waals surface area contributed by atoms with Crippen LogP contribution in [0, 0.1) is 10.1 Å². The molecule has 0 aliphatic rings. The number of thiophene rings is 1. The van der Waals surface area contributed by atoms with E-state index < -0.39 is 4.92 Å². The van der Waals surface area contributed by atoms with Gasteiger partial charge >= 0.3 is 5.00 Å². The molecule has 0 radical (unpaired) electrons. The molecule has 0 spiro atoms. The van der Waals surface area contributed by atoms with Gasteiger partial charge in [0.1, 0.15) is 5.75 Å². The van der Waals surface area contributed by atoms with Crippen molar-refractivity contribution in [3.05, 3.63) is 62.8 Å². The Kier molecular flexibility index (Phi) is 5.40. The van der Waals surface area contributed by atoms with Crippen molar-refractivity contribution in [2.24, 2.45) is 0 Å². The summed E-state index contributed by atoms with van der Waals surface area (Å²) in [7, 11) is 1.60. The fourth-order valence-corrected chi connectivity index (χ4v) is 3.53. The average Bonchev–Trinajstić information content (AvgIpc) is 3.29. The number of amides is 1. The standard InChI is InChI=1S/C17H13N3O4S2/c1-24-12-4-2-3-11(9-12)14-10-25-17(18-14)19-15(21)7-5-13-6-8-16(26-13)20(22)23/h2-10H,1H3,(H,18,19,21). The van der Waals surface area contributed by atoms with Crippen molar-refractivity contribution in [3.63, 3.8) is 0 Å². The van der Waals surface area contributed by atoms with Crippen molar-refractivity contribution in [2.75, 3.05) is 12.4 Å². The number of benzene rings is 1. The van der Waals surface area contributed by atoms with Gasteiger partial charge in [0.15, 0.2) is 5.13 Å². The highest BCUT2D eigenvalue weighted by molar-refractivity contribution is 7.16. The molecule has 0 unspecified atom stereocenters. The maximum Gasteiger partial charge on any atom is 0.324 e. The fourth-order valence-electron chi connectivity index (χ4n) is 2.08. The van der Waals surface area contributed by atoms with Gasteiger partial charge in [0.05, 0.1) is 17.7 Å². The van der Waals surface area contributed by atoms with Crippen LogP contribution in [0.25, 0.3) is 17.3 Å². The molecule has 0 aliphatic heterocycles. The third kappa shape index (κ3) is 4.32. The van der Waals surface area contributed by atoms with Crippen molar-refractivity contribution in [2.45, 2.75) is 0 Å². The van der Waals surface area contributed by atoms with Gasteiger partial charge in [0.2, 0.25) is 5.91 Å². The molecule has 26 heavy (non-hydrogen) atoms. The number of nitro groups is 1. The minimum absolute atomic E-state index is 0.0351. The average molecular weight is 387 g/mol. The highest BCUT2D eigenvalue weighted by Crippen LogP contribution is 2.28. The molecule has 0 saturated carbocycles. The lowest BCUT2D eigenvalue weighted by molar-refractivity contribution is -0.380. The van der Waals surface area contributed by atoms with Crippen LogP contribution in [0.1, 0.15) is 4.88 Å². The van der Waals surface area contributed by atoms with Crippen LogP contribution in [-0.4, -0.2) is 22.9 Å². The first-order chi connectivity index (χ1) is 12.5. The van der Waals surface area contributed by atoms with Gasteiger partial charge in [-0.15, -0.1) is 11.3 Å². The van der Waals surface area contributed by atoms with Crippen LogP contribution in [0.4, 0.5) is 10.1 Å². The number of nitrogens with zero attached hydrogens (tertiary/aromatic N) is 2. The molecule has 0 aliphatic carbocycles. The number of rotatable bonds is 6. The number of aromatic nitrogens is 1. The lowest BCUT2D eigenvalue weighted by atomic mass is 10.2. The van der Waals surface area contributed by atoms with Crippen molar-refractivity contribution < 1.29 is 14.5 Å². The smallest absolute Gasteiger partial charge is 0.324 e. The van der Waals surface area contributed by atoms with E-state index in [-0.39, 0.29) is 10.9 Å². The Hall–Kier alpha value is -3.04. The second kappa shape index (κ2) is 7.89. The van der Waals surface area contributed by atoms with Gasteiger partial charge < -0.3 is 4.74 Å². The molecule has 2 aromatic heterocycles. The molecule has 3 aromatic rings. The molecular formula is C17H13N3O4S2. The minimum atomic E-state index is -0.461. The third-order valence-electron chi connectivity index (χ3n) is 3.29. The zero-order valence-electron chi connectivity index (χ0n) is 13.5. The number of hydrogen-bond acceptors (Lipinski definition) is 7. The van der Waals surface area contributed by atoms with Crippen molar-refractivity contribution in [1.82, 2.24) is 4.98 Å². The molecule has 0 bridgehead atoms. The Morgan fingerprint density at radius 2 is 2.19 bits per heavy atom. The lowest BCUT2D eigenvalue weighted by Crippen LogP contribution is -2.07. The van der Waals surface area contributed by atoms with E-state index in [4.69, 9.17) is 4.74 Å². The summed E-state index contributed by atoms with van der Waals surface area (Å²) in [5.74, 6) is 0.377. The maximum absolute atomic E-state index is 12.0. The van der Waals surface area contributed by atoms with E-state index in [1.54, 1.807) is 13.2 Å². The minimum Gasteiger partial charge on any atom is -0.497 e. The first-order valence-corrected chi connectivity index (χ1v) is 9.08. The van der Waals surface area contributed by atoms with E-state index in [1.165, 1.54) is 29.6 Å². The zero-order chi connectivity index (χ0) is 18.5. The monoisotopic (exact) mass is 387 g/mol. The van der Waals surface area contributed by atoms with Crippen LogP contribution in [0.2, 0.25) is 0 Å². The summed E-state index contributed by atoms with van der Waals surface area (Å²) in [6, 6.07) is 10.5. The highest BCUT2D eigenvalue weighted by atomic mass is 32.1. The van der Waals surface area contributed by atoms with Crippen LogP contribution in [0.15, 0.2) is 47.9 Å². The number of anilines is 1. The SMILES string of the molecule is COc1cccc(-c2csc(NC(=O)C=Cc3ccc([N+](=O)[O-])s3)n2)c1. The molecule has 0 fully saturated rings. The van der Waals surface area contributed by atoms with Gasteiger partial charge in [0, 0.05) is 28.0 Å². The van der Waals surface area contributed by atoms with Gasteiger partial charge in [-0.05, 0) is 24.3 Å². The van der Waals surface area contributed by atoms with Crippen molar-refractivity contribution >= 4 is 44.8 Å². The molecule has 3 rings (SSSR count). The molecular weight excluding hydrogens is 374 g/mol. The van der Waals surface area contributed by atoms with E-state index in [2.05, 4.69) is 10.3 Å². The predicted molar refractivity (Wildman–Crippen MR) is 103 cm³/mol. The van der Waals surface area contributed by atoms with Crippen LogP contribution < -0.4 is 10.1 Å². The normalized spacial score (nSPS) is 10.8. The number of carbonyl (C=O) groups excluding carboxylic acids is 1. The number of hydrogen-bond donors (Lipinski definition) is 1. The summed E-state index contributed by atoms with van der Waals surface area (Å²) in [4.78, 5) is 27.2. The number of ether oxygens (including phenoxy) is 1. The predicted octanol–water partition coefficient (Wildman–Crippen LogP) is 4.44. The second-order valence-electron chi connectivity index (χ2n) is 5.03. The first kappa shape index (κ1) is 17.8. The van der Waals surface area contributed by atoms with E-state index in [0.717, 1.165) is 28.3 Å². The van der Waals surface area contributed by atoms with Crippen LogP contribution in [0.3, 0.4) is 0 Å². The molecule has 132 valence electrons. The Morgan fingerprint density at radius 3 is 2.92 bits per heavy atom. The van der Waals surface area contributed by atoms with Gasteiger partial charge in [-0.2, -0.15) is 0 Å². The molecule has 2 heterocycles. The second-order valence-corrected chi connectivity index (χ2v) is 6.98. The lowest BCUT2D eigenvalue weighted by Gasteiger charge is -2.01. The Labute approximate surface area is 156 Å². The molecule has 0 atom stereocenters. The Bertz CT molecular complexity index is 978. The van der Waals surface area contributed by atoms with Crippen LogP contribution in [-0.2, 0) is 4.79 Å². The summed E-state index contributed by atoms with van der Waals surface area (Å²) < 4.78 is 5.19. The summed E-state index contributed by atoms with van der Waals surface area (Å²) in [6.45, 7) is 0. The number of thiazole rings is 1. The molecule has 1 aromatic carbocycles. The third-order valence-corrected chi connectivity index (χ3v) is 5.05. The first-order valence-electron chi connectivity index (χ1n) is 7.38. The van der Waals surface area contributed by atoms with Crippen LogP contribution >= 0.6 is 22.7 Å². The molecule has 1 amide bonds. The van der Waals surface area contributed by atoms with Gasteiger partial charge in [-0.1, -0.05) is 23.5 Å².